The lowest BCUT2D eigenvalue weighted by molar-refractivity contribution is -0.0893. The summed E-state index contributed by atoms with van der Waals surface area (Å²) in [6.45, 7) is 3.05. The molecule has 2 fully saturated rings. The van der Waals surface area contributed by atoms with Crippen molar-refractivity contribution in [3.8, 4) is 11.3 Å². The van der Waals surface area contributed by atoms with Crippen LogP contribution in [0.3, 0.4) is 0 Å². The molecule has 2 aromatic heterocycles. The average Bonchev–Trinajstić information content (AvgIpc) is 3.61. The summed E-state index contributed by atoms with van der Waals surface area (Å²) >= 11 is 0. The van der Waals surface area contributed by atoms with Crippen molar-refractivity contribution in [2.45, 2.75) is 56.3 Å². The van der Waals surface area contributed by atoms with Gasteiger partial charge in [0.15, 0.2) is 5.69 Å². The fourth-order valence-corrected chi connectivity index (χ4v) is 6.49. The highest BCUT2D eigenvalue weighted by molar-refractivity contribution is 5.98. The second-order valence-corrected chi connectivity index (χ2v) is 11.1. The Morgan fingerprint density at radius 1 is 1.15 bits per heavy atom. The number of carbonyl (C=O) groups excluding carboxylic acids is 1. The SMILES string of the molecule is COC[C@]1(O)CCCC[C@H]1n1cnc(C(=O)N2CCNC[C@H]2CCn2cc3ccccc3n2)c1-c1ccccc1. The molecule has 3 heterocycles. The summed E-state index contributed by atoms with van der Waals surface area (Å²) < 4.78 is 9.47. The number of nitrogens with zero attached hydrogens (tertiary/aromatic N) is 5. The Balaban J connectivity index is 1.30. The van der Waals surface area contributed by atoms with Crippen LogP contribution in [0.5, 0.6) is 0 Å². The number of nitrogens with one attached hydrogen (secondary N) is 1. The molecule has 4 aromatic rings. The summed E-state index contributed by atoms with van der Waals surface area (Å²) in [5.41, 5.74) is 2.09. The quantitative estimate of drug-likeness (QED) is 0.351. The van der Waals surface area contributed by atoms with Crippen LogP contribution in [0.15, 0.2) is 67.1 Å². The number of piperazine rings is 1. The van der Waals surface area contributed by atoms with Crippen molar-refractivity contribution < 1.29 is 14.6 Å². The van der Waals surface area contributed by atoms with Crippen LogP contribution in [0.4, 0.5) is 0 Å². The Labute approximate surface area is 234 Å². The summed E-state index contributed by atoms with van der Waals surface area (Å²) in [7, 11) is 1.63. The molecule has 2 N–H and O–H groups in total. The Bertz CT molecular complexity index is 1410. The van der Waals surface area contributed by atoms with E-state index in [0.717, 1.165) is 67.5 Å². The molecule has 1 saturated carbocycles. The Hall–Kier alpha value is -3.53. The third kappa shape index (κ3) is 5.16. The predicted molar refractivity (Wildman–Crippen MR) is 154 cm³/mol. The van der Waals surface area contributed by atoms with Crippen molar-refractivity contribution in [3.63, 3.8) is 0 Å². The number of imidazole rings is 1. The van der Waals surface area contributed by atoms with Crippen LogP contribution in [-0.2, 0) is 11.3 Å². The molecule has 40 heavy (non-hydrogen) atoms. The number of aromatic nitrogens is 4. The molecule has 210 valence electrons. The molecule has 0 bridgehead atoms. The van der Waals surface area contributed by atoms with Crippen LogP contribution in [0.25, 0.3) is 22.2 Å². The number of rotatable bonds is 8. The highest BCUT2D eigenvalue weighted by atomic mass is 16.5. The van der Waals surface area contributed by atoms with E-state index in [1.165, 1.54) is 0 Å². The van der Waals surface area contributed by atoms with Crippen LogP contribution in [0.2, 0.25) is 0 Å². The van der Waals surface area contributed by atoms with Gasteiger partial charge in [-0.3, -0.25) is 9.48 Å². The Morgan fingerprint density at radius 3 is 2.80 bits per heavy atom. The van der Waals surface area contributed by atoms with Gasteiger partial charge in [-0.05, 0) is 25.3 Å². The van der Waals surface area contributed by atoms with Crippen LogP contribution >= 0.6 is 0 Å². The summed E-state index contributed by atoms with van der Waals surface area (Å²) in [5.74, 6) is -0.0687. The molecular formula is C31H38N6O3. The van der Waals surface area contributed by atoms with Crippen molar-refractivity contribution >= 4 is 16.8 Å². The van der Waals surface area contributed by atoms with Crippen LogP contribution in [0.1, 0.15) is 48.6 Å². The fourth-order valence-electron chi connectivity index (χ4n) is 6.49. The highest BCUT2D eigenvalue weighted by Crippen LogP contribution is 2.41. The molecule has 9 heteroatoms. The Morgan fingerprint density at radius 2 is 1.98 bits per heavy atom. The molecule has 0 unspecified atom stereocenters. The Kier molecular flexibility index (Phi) is 7.69. The first-order valence-corrected chi connectivity index (χ1v) is 14.3. The number of methoxy groups -OCH3 is 1. The molecule has 2 aromatic carbocycles. The number of ether oxygens (including phenoxy) is 1. The topological polar surface area (TPSA) is 97.4 Å². The van der Waals surface area contributed by atoms with Crippen molar-refractivity contribution in [3.05, 3.63) is 72.8 Å². The van der Waals surface area contributed by atoms with E-state index < -0.39 is 5.60 Å². The summed E-state index contributed by atoms with van der Waals surface area (Å²) in [6, 6.07) is 17.9. The molecule has 1 amide bonds. The normalized spacial score (nSPS) is 23.5. The number of hydrogen-bond acceptors (Lipinski definition) is 6. The number of carbonyl (C=O) groups is 1. The zero-order valence-electron chi connectivity index (χ0n) is 23.1. The van der Waals surface area contributed by atoms with Gasteiger partial charge in [0, 0.05) is 56.5 Å². The first-order chi connectivity index (χ1) is 19.6. The smallest absolute Gasteiger partial charge is 0.275 e. The lowest BCUT2D eigenvalue weighted by Crippen LogP contribution is -2.54. The van der Waals surface area contributed by atoms with E-state index in [2.05, 4.69) is 17.6 Å². The zero-order valence-corrected chi connectivity index (χ0v) is 23.1. The van der Waals surface area contributed by atoms with Crippen molar-refractivity contribution in [2.75, 3.05) is 33.4 Å². The molecule has 6 rings (SSSR count). The van der Waals surface area contributed by atoms with Gasteiger partial charge in [0.05, 0.1) is 30.2 Å². The molecule has 0 spiro atoms. The highest BCUT2D eigenvalue weighted by Gasteiger charge is 2.42. The minimum absolute atomic E-state index is 0.0161. The van der Waals surface area contributed by atoms with Crippen LogP contribution in [-0.4, -0.2) is 80.2 Å². The zero-order chi connectivity index (χ0) is 27.5. The number of benzene rings is 2. The summed E-state index contributed by atoms with van der Waals surface area (Å²) in [4.78, 5) is 21.0. The number of aliphatic hydroxyl groups is 1. The summed E-state index contributed by atoms with van der Waals surface area (Å²) in [5, 5.41) is 20.9. The van der Waals surface area contributed by atoms with Crippen molar-refractivity contribution in [1.82, 2.24) is 29.5 Å². The first kappa shape index (κ1) is 26.7. The summed E-state index contributed by atoms with van der Waals surface area (Å²) in [6.07, 6.45) is 8.02. The number of hydrogen-bond donors (Lipinski definition) is 2. The van der Waals surface area contributed by atoms with Gasteiger partial charge in [-0.2, -0.15) is 5.10 Å². The first-order valence-electron chi connectivity index (χ1n) is 14.3. The molecule has 2 aliphatic rings. The monoisotopic (exact) mass is 542 g/mol. The number of fused-ring (bicyclic) bond motifs is 1. The fraction of sp³-hybridized carbons (Fsp3) is 0.452. The molecular weight excluding hydrogens is 504 g/mol. The lowest BCUT2D eigenvalue weighted by atomic mass is 9.80. The maximum absolute atomic E-state index is 14.3. The maximum atomic E-state index is 14.3. The van der Waals surface area contributed by atoms with Crippen molar-refractivity contribution in [2.24, 2.45) is 0 Å². The minimum atomic E-state index is -1.01. The van der Waals surface area contributed by atoms with E-state index >= 15 is 0 Å². The van der Waals surface area contributed by atoms with Gasteiger partial charge in [0.1, 0.15) is 5.60 Å². The second-order valence-electron chi connectivity index (χ2n) is 11.1. The van der Waals surface area contributed by atoms with E-state index in [9.17, 15) is 9.90 Å². The average molecular weight is 543 g/mol. The van der Waals surface area contributed by atoms with E-state index in [0.29, 0.717) is 18.7 Å². The number of amides is 1. The van der Waals surface area contributed by atoms with Gasteiger partial charge in [-0.15, -0.1) is 0 Å². The van der Waals surface area contributed by atoms with E-state index in [4.69, 9.17) is 14.8 Å². The maximum Gasteiger partial charge on any atom is 0.275 e. The molecule has 9 nitrogen and oxygen atoms in total. The van der Waals surface area contributed by atoms with Crippen LogP contribution in [0, 0.1) is 0 Å². The van der Waals surface area contributed by atoms with Gasteiger partial charge in [-0.25, -0.2) is 4.98 Å². The van der Waals surface area contributed by atoms with Gasteiger partial charge >= 0.3 is 0 Å². The van der Waals surface area contributed by atoms with Crippen LogP contribution < -0.4 is 5.32 Å². The largest absolute Gasteiger partial charge is 0.385 e. The second kappa shape index (κ2) is 11.5. The van der Waals surface area contributed by atoms with E-state index in [1.807, 2.05) is 62.7 Å². The third-order valence-electron chi connectivity index (χ3n) is 8.49. The van der Waals surface area contributed by atoms with Gasteiger partial charge < -0.3 is 24.6 Å². The third-order valence-corrected chi connectivity index (χ3v) is 8.49. The molecule has 3 atom stereocenters. The predicted octanol–water partition coefficient (Wildman–Crippen LogP) is 3.90. The molecule has 1 aliphatic heterocycles. The molecule has 1 saturated heterocycles. The lowest BCUT2D eigenvalue weighted by Gasteiger charge is -2.41. The van der Waals surface area contributed by atoms with E-state index in [-0.39, 0.29) is 24.6 Å². The minimum Gasteiger partial charge on any atom is -0.385 e. The standard InChI is InChI=1S/C31H38N6O3/c1-40-21-31(39)15-8-7-13-27(31)37-22-33-28(29(37)23-9-3-2-4-10-23)30(38)36-18-16-32-19-25(36)14-17-35-20-24-11-5-6-12-26(24)34-35/h2-6,9-12,20,22,25,27,32,39H,7-8,13-19,21H2,1H3/t25-,27-,31-/m1/s1. The van der Waals surface area contributed by atoms with Crippen molar-refractivity contribution in [1.29, 1.82) is 0 Å². The van der Waals surface area contributed by atoms with Gasteiger partial charge in [0.25, 0.3) is 5.91 Å². The van der Waals surface area contributed by atoms with E-state index in [1.54, 1.807) is 13.4 Å². The molecule has 1 aliphatic carbocycles. The number of aryl methyl sites for hydroxylation is 1. The van der Waals surface area contributed by atoms with Gasteiger partial charge in [-0.1, -0.05) is 61.4 Å². The van der Waals surface area contributed by atoms with Gasteiger partial charge in [0.2, 0.25) is 0 Å². The molecule has 0 radical (unpaired) electrons.